The third-order valence-electron chi connectivity index (χ3n) is 5.81. The topological polar surface area (TPSA) is 98.1 Å². The van der Waals surface area contributed by atoms with Crippen LogP contribution in [-0.2, 0) is 14.6 Å². The fourth-order valence-electron chi connectivity index (χ4n) is 4.13. The molecule has 1 atom stereocenters. The first kappa shape index (κ1) is 22.0. The summed E-state index contributed by atoms with van der Waals surface area (Å²) in [4.78, 5) is 19.0. The molecule has 1 aromatic carbocycles. The first-order valence-electron chi connectivity index (χ1n) is 10.7. The Morgan fingerprint density at radius 3 is 2.42 bits per heavy atom. The summed E-state index contributed by atoms with van der Waals surface area (Å²) in [7, 11) is -3.08. The van der Waals surface area contributed by atoms with Crippen molar-refractivity contribution in [1.82, 2.24) is 24.6 Å². The Morgan fingerprint density at radius 2 is 1.79 bits per heavy atom. The Bertz CT molecular complexity index is 1260. The molecule has 0 N–H and O–H groups in total. The number of carbonyl (C=O) groups is 1. The lowest BCUT2D eigenvalue weighted by molar-refractivity contribution is -0.130. The summed E-state index contributed by atoms with van der Waals surface area (Å²) in [5.74, 6) is 0.396. The smallest absolute Gasteiger partial charge is 0.233 e. The molecule has 3 heterocycles. The molecular formula is C22H22FN5O3S2. The van der Waals surface area contributed by atoms with Gasteiger partial charge in [-0.1, -0.05) is 11.8 Å². The van der Waals surface area contributed by atoms with Crippen molar-refractivity contribution >= 4 is 27.5 Å². The second-order valence-corrected chi connectivity index (χ2v) is 11.4. The predicted molar refractivity (Wildman–Crippen MR) is 122 cm³/mol. The molecule has 1 amide bonds. The highest BCUT2D eigenvalue weighted by molar-refractivity contribution is 7.99. The zero-order valence-electron chi connectivity index (χ0n) is 17.7. The van der Waals surface area contributed by atoms with Crippen molar-refractivity contribution in [2.24, 2.45) is 0 Å². The van der Waals surface area contributed by atoms with Crippen molar-refractivity contribution in [3.8, 4) is 17.1 Å². The molecule has 2 aromatic heterocycles. The van der Waals surface area contributed by atoms with Crippen LogP contribution in [-0.4, -0.2) is 68.3 Å². The van der Waals surface area contributed by atoms with E-state index < -0.39 is 9.84 Å². The van der Waals surface area contributed by atoms with Crippen LogP contribution in [0.2, 0.25) is 0 Å². The van der Waals surface area contributed by atoms with Gasteiger partial charge < -0.3 is 4.90 Å². The summed E-state index contributed by atoms with van der Waals surface area (Å²) in [6.45, 7) is 0. The van der Waals surface area contributed by atoms with Crippen molar-refractivity contribution in [3.63, 3.8) is 0 Å². The lowest BCUT2D eigenvalue weighted by Gasteiger charge is -2.28. The number of aromatic nitrogens is 4. The third-order valence-corrected chi connectivity index (χ3v) is 8.48. The van der Waals surface area contributed by atoms with E-state index >= 15 is 0 Å². The van der Waals surface area contributed by atoms with Gasteiger partial charge in [-0.15, -0.1) is 10.2 Å². The molecule has 2 fully saturated rings. The highest BCUT2D eigenvalue weighted by Gasteiger charge is 2.42. The van der Waals surface area contributed by atoms with Crippen molar-refractivity contribution < 1.29 is 17.6 Å². The molecule has 2 aliphatic rings. The number of amides is 1. The standard InChI is InChI=1S/C22H22FN5O3S2/c23-16-1-3-18(4-2-16)28-21(15-7-10-24-11-8-15)25-26-22(28)32-13-20(29)27(17-5-6-17)19-9-12-33(30,31)14-19/h1-4,7-8,10-11,17,19H,5-6,9,12-14H2. The normalized spacial score (nSPS) is 19.5. The molecule has 5 rings (SSSR count). The van der Waals surface area contributed by atoms with E-state index in [-0.39, 0.29) is 41.1 Å². The molecule has 8 nitrogen and oxygen atoms in total. The van der Waals surface area contributed by atoms with Gasteiger partial charge in [0.25, 0.3) is 0 Å². The summed E-state index contributed by atoms with van der Waals surface area (Å²) in [5.41, 5.74) is 1.46. The van der Waals surface area contributed by atoms with Gasteiger partial charge in [-0.25, -0.2) is 12.8 Å². The molecule has 0 radical (unpaired) electrons. The average molecular weight is 488 g/mol. The summed E-state index contributed by atoms with van der Waals surface area (Å²) < 4.78 is 39.2. The largest absolute Gasteiger partial charge is 0.335 e. The van der Waals surface area contributed by atoms with Gasteiger partial charge in [-0.2, -0.15) is 0 Å². The van der Waals surface area contributed by atoms with Crippen molar-refractivity contribution in [1.29, 1.82) is 0 Å². The van der Waals surface area contributed by atoms with E-state index in [0.29, 0.717) is 23.1 Å². The summed E-state index contributed by atoms with van der Waals surface area (Å²) in [6.07, 6.45) is 5.61. The predicted octanol–water partition coefficient (Wildman–Crippen LogP) is 2.74. The maximum absolute atomic E-state index is 13.5. The molecule has 1 aliphatic heterocycles. The van der Waals surface area contributed by atoms with E-state index in [4.69, 9.17) is 0 Å². The molecule has 11 heteroatoms. The van der Waals surface area contributed by atoms with Crippen LogP contribution in [0.1, 0.15) is 19.3 Å². The molecule has 1 aliphatic carbocycles. The second-order valence-electron chi connectivity index (χ2n) is 8.23. The van der Waals surface area contributed by atoms with E-state index in [9.17, 15) is 17.6 Å². The maximum Gasteiger partial charge on any atom is 0.233 e. The van der Waals surface area contributed by atoms with Gasteiger partial charge in [0.15, 0.2) is 20.8 Å². The minimum atomic E-state index is -3.08. The van der Waals surface area contributed by atoms with Crippen LogP contribution in [0, 0.1) is 5.82 Å². The number of hydrogen-bond donors (Lipinski definition) is 0. The molecule has 0 spiro atoms. The number of sulfone groups is 1. The molecule has 1 saturated carbocycles. The molecule has 1 saturated heterocycles. The van der Waals surface area contributed by atoms with E-state index in [1.807, 2.05) is 0 Å². The summed E-state index contributed by atoms with van der Waals surface area (Å²) >= 11 is 1.24. The van der Waals surface area contributed by atoms with Crippen LogP contribution in [0.5, 0.6) is 0 Å². The minimum absolute atomic E-state index is 0.0395. The van der Waals surface area contributed by atoms with Gasteiger partial charge in [0.05, 0.1) is 17.3 Å². The van der Waals surface area contributed by atoms with Crippen LogP contribution < -0.4 is 0 Å². The number of rotatable bonds is 7. The number of hydrogen-bond acceptors (Lipinski definition) is 7. The number of thioether (sulfide) groups is 1. The molecule has 3 aromatic rings. The molecule has 33 heavy (non-hydrogen) atoms. The number of pyridine rings is 1. The van der Waals surface area contributed by atoms with Crippen molar-refractivity contribution in [3.05, 3.63) is 54.6 Å². The second kappa shape index (κ2) is 8.86. The Balaban J connectivity index is 1.41. The van der Waals surface area contributed by atoms with Crippen LogP contribution in [0.25, 0.3) is 17.1 Å². The number of halogens is 1. The number of benzene rings is 1. The first-order valence-corrected chi connectivity index (χ1v) is 13.5. The van der Waals surface area contributed by atoms with Gasteiger partial charge in [0.1, 0.15) is 5.82 Å². The Kier molecular flexibility index (Phi) is 5.92. The highest BCUT2D eigenvalue weighted by atomic mass is 32.2. The van der Waals surface area contributed by atoms with Gasteiger partial charge >= 0.3 is 0 Å². The van der Waals surface area contributed by atoms with E-state index in [1.54, 1.807) is 46.1 Å². The van der Waals surface area contributed by atoms with Gasteiger partial charge in [0.2, 0.25) is 5.91 Å². The Hall–Kier alpha value is -2.79. The minimum Gasteiger partial charge on any atom is -0.335 e. The van der Waals surface area contributed by atoms with Crippen LogP contribution in [0.4, 0.5) is 4.39 Å². The first-order chi connectivity index (χ1) is 15.9. The van der Waals surface area contributed by atoms with Gasteiger partial charge in [-0.3, -0.25) is 14.3 Å². The summed E-state index contributed by atoms with van der Waals surface area (Å²) in [5, 5.41) is 9.11. The van der Waals surface area contributed by atoms with E-state index in [1.165, 1.54) is 23.9 Å². The highest BCUT2D eigenvalue weighted by Crippen LogP contribution is 2.34. The van der Waals surface area contributed by atoms with Crippen LogP contribution in [0.3, 0.4) is 0 Å². The van der Waals surface area contributed by atoms with E-state index in [0.717, 1.165) is 18.4 Å². The molecule has 0 bridgehead atoms. The lowest BCUT2D eigenvalue weighted by atomic mass is 10.2. The summed E-state index contributed by atoms with van der Waals surface area (Å²) in [6, 6.07) is 9.47. The number of carbonyl (C=O) groups excluding carboxylic acids is 1. The number of nitrogens with zero attached hydrogens (tertiary/aromatic N) is 5. The molecular weight excluding hydrogens is 465 g/mol. The zero-order valence-corrected chi connectivity index (χ0v) is 19.3. The average Bonchev–Trinajstić information content (AvgIpc) is 3.44. The third kappa shape index (κ3) is 4.79. The lowest BCUT2D eigenvalue weighted by Crippen LogP contribution is -2.43. The van der Waals surface area contributed by atoms with Crippen molar-refractivity contribution in [2.75, 3.05) is 17.3 Å². The Morgan fingerprint density at radius 1 is 1.06 bits per heavy atom. The van der Waals surface area contributed by atoms with Crippen LogP contribution in [0.15, 0.2) is 53.9 Å². The van der Waals surface area contributed by atoms with Crippen molar-refractivity contribution in [2.45, 2.75) is 36.5 Å². The maximum atomic E-state index is 13.5. The van der Waals surface area contributed by atoms with E-state index in [2.05, 4.69) is 15.2 Å². The van der Waals surface area contributed by atoms with Gasteiger partial charge in [0, 0.05) is 35.7 Å². The molecule has 172 valence electrons. The fourth-order valence-corrected chi connectivity index (χ4v) is 6.66. The SMILES string of the molecule is O=C(CSc1nnc(-c2ccncc2)n1-c1ccc(F)cc1)N(C1CC1)C1CCS(=O)(=O)C1. The molecule has 1 unspecified atom stereocenters. The fraction of sp³-hybridized carbons (Fsp3) is 0.364. The Labute approximate surface area is 195 Å². The monoisotopic (exact) mass is 487 g/mol. The van der Waals surface area contributed by atoms with Gasteiger partial charge in [-0.05, 0) is 55.7 Å². The zero-order chi connectivity index (χ0) is 23.0. The quantitative estimate of drug-likeness (QED) is 0.473. The van der Waals surface area contributed by atoms with Crippen LogP contribution >= 0.6 is 11.8 Å².